The summed E-state index contributed by atoms with van der Waals surface area (Å²) in [7, 11) is 0. The van der Waals surface area contributed by atoms with Crippen LogP contribution in [0.4, 0.5) is 5.82 Å². The van der Waals surface area contributed by atoms with Crippen LogP contribution in [-0.4, -0.2) is 47.1 Å². The third kappa shape index (κ3) is 2.95. The molecule has 0 aliphatic carbocycles. The van der Waals surface area contributed by atoms with Gasteiger partial charge in [-0.15, -0.1) is 0 Å². The minimum atomic E-state index is -0.0466. The summed E-state index contributed by atoms with van der Waals surface area (Å²) in [4.78, 5) is 21.0. The molecule has 24 heavy (non-hydrogen) atoms. The Kier molecular flexibility index (Phi) is 4.47. The van der Waals surface area contributed by atoms with Crippen molar-refractivity contribution in [1.29, 1.82) is 5.26 Å². The number of carbonyl (C=O) groups excluding carboxylic acids is 1. The molecule has 3 heterocycles. The van der Waals surface area contributed by atoms with Crippen molar-refractivity contribution in [1.82, 2.24) is 15.0 Å². The van der Waals surface area contributed by atoms with Gasteiger partial charge >= 0.3 is 0 Å². The number of hydrogen-bond donors (Lipinski definition) is 0. The molecule has 2 aromatic rings. The van der Waals surface area contributed by atoms with Gasteiger partial charge in [0.1, 0.15) is 23.2 Å². The molecule has 3 rings (SSSR count). The van der Waals surface area contributed by atoms with Gasteiger partial charge in [0.15, 0.2) is 0 Å². The molecule has 0 radical (unpaired) electrons. The fourth-order valence-corrected chi connectivity index (χ4v) is 3.02. The molecule has 0 spiro atoms. The molecule has 0 unspecified atom stereocenters. The van der Waals surface area contributed by atoms with Gasteiger partial charge in [-0.3, -0.25) is 4.79 Å². The van der Waals surface area contributed by atoms with E-state index < -0.39 is 0 Å². The molecule has 7 nitrogen and oxygen atoms in total. The van der Waals surface area contributed by atoms with Gasteiger partial charge in [-0.1, -0.05) is 5.16 Å². The molecule has 1 fully saturated rings. The highest BCUT2D eigenvalue weighted by molar-refractivity contribution is 5.96. The minimum Gasteiger partial charge on any atom is -0.361 e. The zero-order valence-electron chi connectivity index (χ0n) is 13.8. The Labute approximate surface area is 140 Å². The van der Waals surface area contributed by atoms with E-state index in [0.717, 1.165) is 13.0 Å². The monoisotopic (exact) mass is 325 g/mol. The van der Waals surface area contributed by atoms with Crippen LogP contribution in [0, 0.1) is 25.2 Å². The number of pyridine rings is 1. The van der Waals surface area contributed by atoms with Gasteiger partial charge in [-0.2, -0.15) is 5.26 Å². The second-order valence-electron chi connectivity index (χ2n) is 5.82. The summed E-state index contributed by atoms with van der Waals surface area (Å²) >= 11 is 0. The largest absolute Gasteiger partial charge is 0.361 e. The first-order valence-electron chi connectivity index (χ1n) is 7.94. The summed E-state index contributed by atoms with van der Waals surface area (Å²) in [6, 6.07) is 5.70. The van der Waals surface area contributed by atoms with Gasteiger partial charge in [0, 0.05) is 32.4 Å². The van der Waals surface area contributed by atoms with Crippen molar-refractivity contribution in [3.05, 3.63) is 40.9 Å². The quantitative estimate of drug-likeness (QED) is 0.838. The molecular weight excluding hydrogens is 306 g/mol. The van der Waals surface area contributed by atoms with E-state index >= 15 is 0 Å². The van der Waals surface area contributed by atoms with Crippen molar-refractivity contribution in [2.75, 3.05) is 31.1 Å². The Morgan fingerprint density at radius 3 is 2.83 bits per heavy atom. The topological polar surface area (TPSA) is 86.3 Å². The summed E-state index contributed by atoms with van der Waals surface area (Å²) in [6.07, 6.45) is 2.50. The molecule has 0 aromatic carbocycles. The molecule has 1 aliphatic rings. The molecule has 0 N–H and O–H groups in total. The van der Waals surface area contributed by atoms with Crippen LogP contribution < -0.4 is 4.90 Å². The summed E-state index contributed by atoms with van der Waals surface area (Å²) in [5.74, 6) is 1.19. The van der Waals surface area contributed by atoms with Crippen molar-refractivity contribution in [2.24, 2.45) is 0 Å². The van der Waals surface area contributed by atoms with Gasteiger partial charge in [0.2, 0.25) is 0 Å². The molecule has 0 saturated carbocycles. The predicted octanol–water partition coefficient (Wildman–Crippen LogP) is 1.91. The minimum absolute atomic E-state index is 0.0466. The van der Waals surface area contributed by atoms with E-state index in [9.17, 15) is 10.1 Å². The third-order valence-electron chi connectivity index (χ3n) is 4.24. The smallest absolute Gasteiger partial charge is 0.259 e. The lowest BCUT2D eigenvalue weighted by atomic mass is 10.1. The average molecular weight is 325 g/mol. The molecule has 1 saturated heterocycles. The van der Waals surface area contributed by atoms with Gasteiger partial charge in [-0.05, 0) is 32.4 Å². The first-order valence-corrected chi connectivity index (χ1v) is 7.94. The summed E-state index contributed by atoms with van der Waals surface area (Å²) in [5.41, 5.74) is 1.73. The van der Waals surface area contributed by atoms with Crippen molar-refractivity contribution < 1.29 is 9.32 Å². The van der Waals surface area contributed by atoms with Crippen LogP contribution in [0.1, 0.15) is 33.8 Å². The number of nitrogens with zero attached hydrogens (tertiary/aromatic N) is 5. The maximum Gasteiger partial charge on any atom is 0.259 e. The van der Waals surface area contributed by atoms with Crippen LogP contribution in [-0.2, 0) is 0 Å². The highest BCUT2D eigenvalue weighted by atomic mass is 16.5. The number of anilines is 1. The second kappa shape index (κ2) is 6.71. The zero-order chi connectivity index (χ0) is 17.1. The van der Waals surface area contributed by atoms with E-state index in [4.69, 9.17) is 4.52 Å². The van der Waals surface area contributed by atoms with Crippen LogP contribution in [0.2, 0.25) is 0 Å². The van der Waals surface area contributed by atoms with Crippen LogP contribution in [0.5, 0.6) is 0 Å². The Hall–Kier alpha value is -2.88. The number of rotatable bonds is 2. The van der Waals surface area contributed by atoms with Crippen LogP contribution in [0.3, 0.4) is 0 Å². The fourth-order valence-electron chi connectivity index (χ4n) is 3.02. The number of nitriles is 1. The van der Waals surface area contributed by atoms with E-state index in [1.54, 1.807) is 32.2 Å². The van der Waals surface area contributed by atoms with E-state index in [-0.39, 0.29) is 5.91 Å². The summed E-state index contributed by atoms with van der Waals surface area (Å²) in [6.45, 7) is 6.17. The third-order valence-corrected chi connectivity index (χ3v) is 4.24. The Morgan fingerprint density at radius 2 is 2.12 bits per heavy atom. The van der Waals surface area contributed by atoms with Crippen molar-refractivity contribution >= 4 is 11.7 Å². The van der Waals surface area contributed by atoms with Gasteiger partial charge in [0.05, 0.1) is 11.3 Å². The van der Waals surface area contributed by atoms with Gasteiger partial charge < -0.3 is 14.3 Å². The molecule has 1 aliphatic heterocycles. The first kappa shape index (κ1) is 16.0. The molecule has 0 bridgehead atoms. The Bertz CT molecular complexity index is 773. The highest BCUT2D eigenvalue weighted by Crippen LogP contribution is 2.20. The normalized spacial score (nSPS) is 15.0. The zero-order valence-corrected chi connectivity index (χ0v) is 13.8. The second-order valence-corrected chi connectivity index (χ2v) is 5.82. The summed E-state index contributed by atoms with van der Waals surface area (Å²) in [5, 5.41) is 13.1. The number of aryl methyl sites for hydroxylation is 2. The molecule has 7 heteroatoms. The van der Waals surface area contributed by atoms with E-state index in [1.807, 2.05) is 4.90 Å². The number of amides is 1. The molecule has 124 valence electrons. The predicted molar refractivity (Wildman–Crippen MR) is 87.7 cm³/mol. The summed E-state index contributed by atoms with van der Waals surface area (Å²) < 4.78 is 5.11. The van der Waals surface area contributed by atoms with E-state index in [2.05, 4.69) is 21.1 Å². The number of aromatic nitrogens is 2. The maximum absolute atomic E-state index is 12.8. The van der Waals surface area contributed by atoms with E-state index in [1.165, 1.54) is 0 Å². The SMILES string of the molecule is Cc1noc(C)c1C(=O)N1CCCN(c2ncccc2C#N)CC1. The van der Waals surface area contributed by atoms with Gasteiger partial charge in [0.25, 0.3) is 5.91 Å². The molecule has 2 aromatic heterocycles. The Morgan fingerprint density at radius 1 is 1.29 bits per heavy atom. The first-order chi connectivity index (χ1) is 11.6. The van der Waals surface area contributed by atoms with Crippen LogP contribution >= 0.6 is 0 Å². The molecule has 1 amide bonds. The van der Waals surface area contributed by atoms with Gasteiger partial charge in [-0.25, -0.2) is 4.98 Å². The van der Waals surface area contributed by atoms with Crippen molar-refractivity contribution in [3.8, 4) is 6.07 Å². The number of carbonyl (C=O) groups is 1. The fraction of sp³-hybridized carbons (Fsp3) is 0.412. The van der Waals surface area contributed by atoms with Crippen LogP contribution in [0.15, 0.2) is 22.9 Å². The maximum atomic E-state index is 12.8. The van der Waals surface area contributed by atoms with Crippen molar-refractivity contribution in [2.45, 2.75) is 20.3 Å². The lowest BCUT2D eigenvalue weighted by Crippen LogP contribution is -2.36. The Balaban J connectivity index is 1.76. The molecular formula is C17H19N5O2. The van der Waals surface area contributed by atoms with Crippen LogP contribution in [0.25, 0.3) is 0 Å². The molecule has 0 atom stereocenters. The average Bonchev–Trinajstić information content (AvgIpc) is 2.80. The van der Waals surface area contributed by atoms with Crippen molar-refractivity contribution in [3.63, 3.8) is 0 Å². The lowest BCUT2D eigenvalue weighted by molar-refractivity contribution is 0.0764. The number of hydrogen-bond acceptors (Lipinski definition) is 6. The standard InChI is InChI=1S/C17H19N5O2/c1-12-15(13(2)24-20-12)17(23)22-8-4-7-21(9-10-22)16-14(11-18)5-3-6-19-16/h3,5-6H,4,7-10H2,1-2H3. The lowest BCUT2D eigenvalue weighted by Gasteiger charge is -2.23. The highest BCUT2D eigenvalue weighted by Gasteiger charge is 2.26. The van der Waals surface area contributed by atoms with E-state index in [0.29, 0.717) is 48.0 Å².